The fourth-order valence-corrected chi connectivity index (χ4v) is 3.07. The Balaban J connectivity index is 1.53. The standard InChI is InChI=1S/C20H30N2O4/c1-21-18(19(23)26-17-11-5-6-12-17)13-7-8-14-22-20(24)25-15-16-9-3-2-4-10-16/h2-4,9-10,17-18,21H,5-8,11-15H2,1H3,(H,22,24). The summed E-state index contributed by atoms with van der Waals surface area (Å²) in [6.07, 6.45) is 6.25. The summed E-state index contributed by atoms with van der Waals surface area (Å²) in [6, 6.07) is 9.29. The van der Waals surface area contributed by atoms with Crippen LogP contribution in [0, 0.1) is 0 Å². The minimum absolute atomic E-state index is 0.0967. The molecular formula is C20H30N2O4. The second kappa shape index (κ2) is 11.5. The second-order valence-electron chi connectivity index (χ2n) is 6.67. The highest BCUT2D eigenvalue weighted by atomic mass is 16.5. The Labute approximate surface area is 155 Å². The van der Waals surface area contributed by atoms with Crippen molar-refractivity contribution in [1.29, 1.82) is 0 Å². The summed E-state index contributed by atoms with van der Waals surface area (Å²) in [4.78, 5) is 23.8. The third-order valence-electron chi connectivity index (χ3n) is 4.62. The number of carbonyl (C=O) groups is 2. The van der Waals surface area contributed by atoms with Gasteiger partial charge in [0.25, 0.3) is 0 Å². The van der Waals surface area contributed by atoms with E-state index in [-0.39, 0.29) is 24.7 Å². The second-order valence-corrected chi connectivity index (χ2v) is 6.67. The number of likely N-dealkylation sites (N-methyl/N-ethyl adjacent to an activating group) is 1. The van der Waals surface area contributed by atoms with Crippen molar-refractivity contribution in [1.82, 2.24) is 10.6 Å². The molecule has 0 saturated heterocycles. The molecule has 1 aromatic rings. The highest BCUT2D eigenvalue weighted by Crippen LogP contribution is 2.21. The maximum Gasteiger partial charge on any atom is 0.407 e. The molecule has 0 spiro atoms. The van der Waals surface area contributed by atoms with Gasteiger partial charge in [-0.15, -0.1) is 0 Å². The van der Waals surface area contributed by atoms with E-state index in [1.807, 2.05) is 30.3 Å². The molecule has 2 rings (SSSR count). The Morgan fingerprint density at radius 1 is 1.15 bits per heavy atom. The Morgan fingerprint density at radius 3 is 2.58 bits per heavy atom. The maximum absolute atomic E-state index is 12.1. The van der Waals surface area contributed by atoms with Crippen LogP contribution in [0.3, 0.4) is 0 Å². The van der Waals surface area contributed by atoms with Crippen molar-refractivity contribution < 1.29 is 19.1 Å². The minimum Gasteiger partial charge on any atom is -0.461 e. The van der Waals surface area contributed by atoms with Gasteiger partial charge >= 0.3 is 12.1 Å². The number of benzene rings is 1. The normalized spacial score (nSPS) is 15.4. The molecule has 1 unspecified atom stereocenters. The van der Waals surface area contributed by atoms with Crippen molar-refractivity contribution in [3.05, 3.63) is 35.9 Å². The van der Waals surface area contributed by atoms with Crippen molar-refractivity contribution in [3.63, 3.8) is 0 Å². The molecule has 1 aliphatic rings. The van der Waals surface area contributed by atoms with Gasteiger partial charge in [0.15, 0.2) is 0 Å². The number of alkyl carbamates (subject to hydrolysis) is 1. The van der Waals surface area contributed by atoms with E-state index in [4.69, 9.17) is 9.47 Å². The van der Waals surface area contributed by atoms with Crippen LogP contribution in [0.25, 0.3) is 0 Å². The minimum atomic E-state index is -0.417. The van der Waals surface area contributed by atoms with Crippen LogP contribution in [0.4, 0.5) is 4.79 Å². The van der Waals surface area contributed by atoms with E-state index >= 15 is 0 Å². The maximum atomic E-state index is 12.1. The molecule has 1 aliphatic carbocycles. The largest absolute Gasteiger partial charge is 0.461 e. The van der Waals surface area contributed by atoms with Crippen LogP contribution in [-0.4, -0.2) is 37.8 Å². The highest BCUT2D eigenvalue weighted by Gasteiger charge is 2.24. The van der Waals surface area contributed by atoms with Gasteiger partial charge in [-0.3, -0.25) is 4.79 Å². The number of hydrogen-bond acceptors (Lipinski definition) is 5. The molecule has 0 heterocycles. The number of nitrogens with one attached hydrogen (secondary N) is 2. The summed E-state index contributed by atoms with van der Waals surface area (Å²) in [5.41, 5.74) is 0.959. The van der Waals surface area contributed by atoms with Crippen LogP contribution in [0.2, 0.25) is 0 Å². The quantitative estimate of drug-likeness (QED) is 0.494. The lowest BCUT2D eigenvalue weighted by Gasteiger charge is -2.18. The van der Waals surface area contributed by atoms with E-state index in [1.165, 1.54) is 0 Å². The van der Waals surface area contributed by atoms with Gasteiger partial charge in [-0.05, 0) is 57.6 Å². The monoisotopic (exact) mass is 362 g/mol. The number of ether oxygens (including phenoxy) is 2. The summed E-state index contributed by atoms with van der Waals surface area (Å²) in [7, 11) is 1.78. The van der Waals surface area contributed by atoms with Crippen molar-refractivity contribution in [2.45, 2.75) is 63.7 Å². The Bertz CT molecular complexity index is 544. The first kappa shape index (κ1) is 20.2. The van der Waals surface area contributed by atoms with E-state index in [9.17, 15) is 9.59 Å². The first-order valence-electron chi connectivity index (χ1n) is 9.51. The van der Waals surface area contributed by atoms with Crippen LogP contribution in [0.15, 0.2) is 30.3 Å². The Kier molecular flexibility index (Phi) is 8.96. The molecule has 6 nitrogen and oxygen atoms in total. The first-order valence-corrected chi connectivity index (χ1v) is 9.51. The fraction of sp³-hybridized carbons (Fsp3) is 0.600. The van der Waals surface area contributed by atoms with E-state index in [1.54, 1.807) is 7.05 Å². The van der Waals surface area contributed by atoms with Gasteiger partial charge in [-0.1, -0.05) is 30.3 Å². The van der Waals surface area contributed by atoms with Crippen molar-refractivity contribution in [2.75, 3.05) is 13.6 Å². The molecule has 1 aromatic carbocycles. The molecule has 1 atom stereocenters. The van der Waals surface area contributed by atoms with Gasteiger partial charge in [0, 0.05) is 6.54 Å². The predicted molar refractivity (Wildman–Crippen MR) is 99.7 cm³/mol. The molecular weight excluding hydrogens is 332 g/mol. The van der Waals surface area contributed by atoms with Crippen molar-refractivity contribution >= 4 is 12.1 Å². The van der Waals surface area contributed by atoms with Crippen molar-refractivity contribution in [3.8, 4) is 0 Å². The van der Waals surface area contributed by atoms with Crippen LogP contribution in [0.5, 0.6) is 0 Å². The Hall–Kier alpha value is -2.08. The number of carbonyl (C=O) groups excluding carboxylic acids is 2. The molecule has 26 heavy (non-hydrogen) atoms. The fourth-order valence-electron chi connectivity index (χ4n) is 3.07. The molecule has 144 valence electrons. The number of rotatable bonds is 10. The smallest absolute Gasteiger partial charge is 0.407 e. The van der Waals surface area contributed by atoms with E-state index in [0.29, 0.717) is 13.0 Å². The van der Waals surface area contributed by atoms with E-state index < -0.39 is 6.09 Å². The molecule has 1 fully saturated rings. The summed E-state index contributed by atoms with van der Waals surface area (Å²) in [5, 5.41) is 5.76. The molecule has 0 aromatic heterocycles. The molecule has 0 aliphatic heterocycles. The lowest BCUT2D eigenvalue weighted by Crippen LogP contribution is -2.37. The van der Waals surface area contributed by atoms with Crippen LogP contribution in [0.1, 0.15) is 50.5 Å². The van der Waals surface area contributed by atoms with Crippen molar-refractivity contribution in [2.24, 2.45) is 0 Å². The van der Waals surface area contributed by atoms with E-state index in [2.05, 4.69) is 10.6 Å². The van der Waals surface area contributed by atoms with Crippen LogP contribution >= 0.6 is 0 Å². The van der Waals surface area contributed by atoms with Gasteiger partial charge in [-0.2, -0.15) is 0 Å². The van der Waals surface area contributed by atoms with Crippen LogP contribution < -0.4 is 10.6 Å². The topological polar surface area (TPSA) is 76.7 Å². The summed E-state index contributed by atoms with van der Waals surface area (Å²) >= 11 is 0. The Morgan fingerprint density at radius 2 is 1.88 bits per heavy atom. The average molecular weight is 362 g/mol. The number of hydrogen-bond donors (Lipinski definition) is 2. The summed E-state index contributed by atoms with van der Waals surface area (Å²) in [5.74, 6) is -0.158. The molecule has 6 heteroatoms. The molecule has 1 saturated carbocycles. The molecule has 1 amide bonds. The summed E-state index contributed by atoms with van der Waals surface area (Å²) < 4.78 is 10.7. The predicted octanol–water partition coefficient (Wildman–Crippen LogP) is 3.16. The zero-order valence-electron chi connectivity index (χ0n) is 15.5. The number of amides is 1. The molecule has 0 bridgehead atoms. The molecule has 0 radical (unpaired) electrons. The third kappa shape index (κ3) is 7.44. The first-order chi connectivity index (χ1) is 12.7. The zero-order valence-corrected chi connectivity index (χ0v) is 15.5. The van der Waals surface area contributed by atoms with Gasteiger partial charge in [0.1, 0.15) is 18.8 Å². The highest BCUT2D eigenvalue weighted by molar-refractivity contribution is 5.75. The SMILES string of the molecule is CNC(CCCCNC(=O)OCc1ccccc1)C(=O)OC1CCCC1. The van der Waals surface area contributed by atoms with Gasteiger partial charge < -0.3 is 20.1 Å². The zero-order chi connectivity index (χ0) is 18.6. The van der Waals surface area contributed by atoms with Crippen LogP contribution in [-0.2, 0) is 20.9 Å². The molecule has 2 N–H and O–H groups in total. The lowest BCUT2D eigenvalue weighted by atomic mass is 10.1. The number of esters is 1. The van der Waals surface area contributed by atoms with Gasteiger partial charge in [-0.25, -0.2) is 4.79 Å². The van der Waals surface area contributed by atoms with Gasteiger partial charge in [0.2, 0.25) is 0 Å². The average Bonchev–Trinajstić information content (AvgIpc) is 3.16. The van der Waals surface area contributed by atoms with E-state index in [0.717, 1.165) is 44.1 Å². The third-order valence-corrected chi connectivity index (χ3v) is 4.62. The summed E-state index contributed by atoms with van der Waals surface area (Å²) in [6.45, 7) is 0.795. The van der Waals surface area contributed by atoms with Gasteiger partial charge in [0.05, 0.1) is 0 Å². The number of unbranched alkanes of at least 4 members (excludes halogenated alkanes) is 1. The lowest BCUT2D eigenvalue weighted by molar-refractivity contribution is -0.151.